The molecule has 0 fully saturated rings. The van der Waals surface area contributed by atoms with E-state index in [4.69, 9.17) is 15.2 Å². The first-order chi connectivity index (χ1) is 9.40. The number of ether oxygens (including phenoxy) is 2. The Labute approximate surface area is 121 Å². The second-order valence-corrected chi connectivity index (χ2v) is 5.72. The number of hydrogen-bond acceptors (Lipinski definition) is 4. The zero-order valence-electron chi connectivity index (χ0n) is 12.6. The Morgan fingerprint density at radius 2 is 2.05 bits per heavy atom. The summed E-state index contributed by atoms with van der Waals surface area (Å²) < 4.78 is 10.9. The van der Waals surface area contributed by atoms with Crippen LogP contribution in [-0.4, -0.2) is 24.7 Å². The van der Waals surface area contributed by atoms with Crippen LogP contribution in [-0.2, 0) is 16.0 Å². The molecule has 0 aliphatic rings. The lowest BCUT2D eigenvalue weighted by molar-refractivity contribution is -0.155. The summed E-state index contributed by atoms with van der Waals surface area (Å²) in [6.07, 6.45) is 1.87. The van der Waals surface area contributed by atoms with Crippen molar-refractivity contribution in [2.75, 3.05) is 13.2 Å². The minimum atomic E-state index is -0.422. The van der Waals surface area contributed by atoms with Gasteiger partial charge in [-0.2, -0.15) is 0 Å². The van der Waals surface area contributed by atoms with Crippen LogP contribution in [0.3, 0.4) is 0 Å². The van der Waals surface area contributed by atoms with Gasteiger partial charge in [-0.25, -0.2) is 0 Å². The van der Waals surface area contributed by atoms with E-state index in [0.29, 0.717) is 26.0 Å². The van der Waals surface area contributed by atoms with E-state index in [1.54, 1.807) is 0 Å². The Balaban J connectivity index is 2.27. The van der Waals surface area contributed by atoms with E-state index in [1.807, 2.05) is 45.0 Å². The van der Waals surface area contributed by atoms with E-state index < -0.39 is 5.60 Å². The average Bonchev–Trinajstić information content (AvgIpc) is 2.33. The van der Waals surface area contributed by atoms with Crippen molar-refractivity contribution in [3.05, 3.63) is 29.8 Å². The highest BCUT2D eigenvalue weighted by Crippen LogP contribution is 2.14. The molecule has 1 rings (SSSR count). The van der Waals surface area contributed by atoms with Crippen LogP contribution in [0.2, 0.25) is 0 Å². The van der Waals surface area contributed by atoms with Gasteiger partial charge in [0.1, 0.15) is 11.4 Å². The quantitative estimate of drug-likeness (QED) is 0.616. The molecule has 4 heteroatoms. The molecule has 0 bridgehead atoms. The second-order valence-electron chi connectivity index (χ2n) is 5.72. The van der Waals surface area contributed by atoms with Gasteiger partial charge >= 0.3 is 5.97 Å². The van der Waals surface area contributed by atoms with Crippen LogP contribution in [0.4, 0.5) is 0 Å². The van der Waals surface area contributed by atoms with Gasteiger partial charge in [0, 0.05) is 6.42 Å². The van der Waals surface area contributed by atoms with E-state index in [1.165, 1.54) is 0 Å². The van der Waals surface area contributed by atoms with Gasteiger partial charge in [-0.15, -0.1) is 0 Å². The molecule has 0 heterocycles. The second kappa shape index (κ2) is 7.90. The van der Waals surface area contributed by atoms with Crippen molar-refractivity contribution >= 4 is 5.97 Å². The monoisotopic (exact) mass is 279 g/mol. The minimum absolute atomic E-state index is 0.182. The summed E-state index contributed by atoms with van der Waals surface area (Å²) in [5, 5.41) is 0. The topological polar surface area (TPSA) is 61.5 Å². The van der Waals surface area contributed by atoms with Crippen LogP contribution < -0.4 is 10.5 Å². The zero-order chi connectivity index (χ0) is 15.0. The number of rotatable bonds is 7. The van der Waals surface area contributed by atoms with E-state index >= 15 is 0 Å². The molecular formula is C16H25NO3. The predicted molar refractivity (Wildman–Crippen MR) is 79.8 cm³/mol. The highest BCUT2D eigenvalue weighted by Gasteiger charge is 2.15. The summed E-state index contributed by atoms with van der Waals surface area (Å²) in [5.41, 5.74) is 6.27. The highest BCUT2D eigenvalue weighted by atomic mass is 16.6. The normalized spacial score (nSPS) is 11.2. The number of benzene rings is 1. The lowest BCUT2D eigenvalue weighted by Gasteiger charge is -2.19. The maximum atomic E-state index is 11.5. The van der Waals surface area contributed by atoms with Crippen molar-refractivity contribution in [2.24, 2.45) is 5.73 Å². The fraction of sp³-hybridized carbons (Fsp3) is 0.562. The highest BCUT2D eigenvalue weighted by molar-refractivity contribution is 5.69. The van der Waals surface area contributed by atoms with Crippen LogP contribution in [0.1, 0.15) is 39.2 Å². The van der Waals surface area contributed by atoms with Crippen LogP contribution in [0, 0.1) is 0 Å². The summed E-state index contributed by atoms with van der Waals surface area (Å²) >= 11 is 0. The minimum Gasteiger partial charge on any atom is -0.494 e. The summed E-state index contributed by atoms with van der Waals surface area (Å²) in [4.78, 5) is 11.5. The van der Waals surface area contributed by atoms with Gasteiger partial charge in [-0.3, -0.25) is 4.79 Å². The Morgan fingerprint density at radius 3 is 2.70 bits per heavy atom. The molecule has 0 atom stereocenters. The molecular weight excluding hydrogens is 254 g/mol. The van der Waals surface area contributed by atoms with Crippen LogP contribution in [0.25, 0.3) is 0 Å². The Hall–Kier alpha value is -1.55. The van der Waals surface area contributed by atoms with E-state index in [0.717, 1.165) is 17.7 Å². The fourth-order valence-corrected chi connectivity index (χ4v) is 1.76. The smallest absolute Gasteiger partial charge is 0.306 e. The molecule has 0 amide bonds. The Morgan fingerprint density at radius 1 is 1.30 bits per heavy atom. The maximum Gasteiger partial charge on any atom is 0.306 e. The lowest BCUT2D eigenvalue weighted by Crippen LogP contribution is -2.23. The summed E-state index contributed by atoms with van der Waals surface area (Å²) in [5.74, 6) is 0.637. The first kappa shape index (κ1) is 16.5. The third-order valence-corrected chi connectivity index (χ3v) is 2.55. The number of hydrogen-bond donors (Lipinski definition) is 1. The number of carbonyl (C=O) groups excluding carboxylic acids is 1. The molecule has 0 saturated carbocycles. The van der Waals surface area contributed by atoms with E-state index in [9.17, 15) is 4.79 Å². The molecule has 20 heavy (non-hydrogen) atoms. The first-order valence-electron chi connectivity index (χ1n) is 7.04. The van der Waals surface area contributed by atoms with Crippen LogP contribution >= 0.6 is 0 Å². The van der Waals surface area contributed by atoms with Gasteiger partial charge in [-0.1, -0.05) is 12.1 Å². The van der Waals surface area contributed by atoms with Gasteiger partial charge in [-0.05, 0) is 57.9 Å². The molecule has 1 aromatic carbocycles. The summed E-state index contributed by atoms with van der Waals surface area (Å²) in [7, 11) is 0. The van der Waals surface area contributed by atoms with Crippen LogP contribution in [0.5, 0.6) is 5.75 Å². The third-order valence-electron chi connectivity index (χ3n) is 2.55. The van der Waals surface area contributed by atoms with Gasteiger partial charge in [0.2, 0.25) is 0 Å². The van der Waals surface area contributed by atoms with Crippen LogP contribution in [0.15, 0.2) is 24.3 Å². The molecule has 0 aliphatic carbocycles. The zero-order valence-corrected chi connectivity index (χ0v) is 12.6. The largest absolute Gasteiger partial charge is 0.494 e. The fourth-order valence-electron chi connectivity index (χ4n) is 1.76. The number of esters is 1. The van der Waals surface area contributed by atoms with E-state index in [-0.39, 0.29) is 5.97 Å². The van der Waals surface area contributed by atoms with Crippen molar-refractivity contribution in [3.8, 4) is 5.75 Å². The maximum absolute atomic E-state index is 11.5. The summed E-state index contributed by atoms with van der Waals surface area (Å²) in [6.45, 7) is 6.73. The number of carbonyl (C=O) groups is 1. The predicted octanol–water partition coefficient (Wildman–Crippen LogP) is 2.69. The standard InChI is InChI=1S/C16H25NO3/c1-16(2,3)20-15(18)8-5-11-19-14-7-4-6-13(12-14)9-10-17/h4,6-7,12H,5,8-11,17H2,1-3H3. The summed E-state index contributed by atoms with van der Waals surface area (Å²) in [6, 6.07) is 7.88. The molecule has 0 aromatic heterocycles. The van der Waals surface area contributed by atoms with Crippen molar-refractivity contribution in [2.45, 2.75) is 45.6 Å². The molecule has 0 spiro atoms. The van der Waals surface area contributed by atoms with Crippen molar-refractivity contribution < 1.29 is 14.3 Å². The first-order valence-corrected chi connectivity index (χ1v) is 7.04. The van der Waals surface area contributed by atoms with Crippen molar-refractivity contribution in [1.82, 2.24) is 0 Å². The van der Waals surface area contributed by atoms with Gasteiger partial charge in [0.05, 0.1) is 6.61 Å². The molecule has 0 unspecified atom stereocenters. The molecule has 1 aromatic rings. The molecule has 4 nitrogen and oxygen atoms in total. The van der Waals surface area contributed by atoms with Gasteiger partial charge < -0.3 is 15.2 Å². The van der Waals surface area contributed by atoms with Gasteiger partial charge in [0.15, 0.2) is 0 Å². The SMILES string of the molecule is CC(C)(C)OC(=O)CCCOc1cccc(CCN)c1. The molecule has 112 valence electrons. The Bertz CT molecular complexity index is 424. The van der Waals surface area contributed by atoms with Crippen molar-refractivity contribution in [3.63, 3.8) is 0 Å². The lowest BCUT2D eigenvalue weighted by atomic mass is 10.1. The average molecular weight is 279 g/mol. The Kier molecular flexibility index (Phi) is 6.52. The molecule has 0 radical (unpaired) electrons. The van der Waals surface area contributed by atoms with E-state index in [2.05, 4.69) is 0 Å². The van der Waals surface area contributed by atoms with Gasteiger partial charge in [0.25, 0.3) is 0 Å². The third kappa shape index (κ3) is 7.14. The molecule has 0 aliphatic heterocycles. The molecule has 2 N–H and O–H groups in total. The number of nitrogens with two attached hydrogens (primary N) is 1. The molecule has 0 saturated heterocycles. The van der Waals surface area contributed by atoms with Crippen molar-refractivity contribution in [1.29, 1.82) is 0 Å².